The van der Waals surface area contributed by atoms with Gasteiger partial charge in [0.15, 0.2) is 17.4 Å². The number of rotatable bonds is 6. The Morgan fingerprint density at radius 2 is 1.65 bits per heavy atom. The third-order valence-electron chi connectivity index (χ3n) is 5.67. The number of pyridine rings is 1. The average molecular weight is 545 g/mol. The molecule has 3 aromatic rings. The number of nitrogens with zero attached hydrogens (tertiary/aromatic N) is 2. The molecule has 0 spiro atoms. The SMILES string of the molecule is CCC(CO)[n+]1c(C)cc(/C=C2\Sc3ccccc3N2Cc2ccccc2)cc1C.[I-]. The van der Waals surface area contributed by atoms with Crippen LogP contribution in [0.1, 0.15) is 41.9 Å². The van der Waals surface area contributed by atoms with Crippen LogP contribution >= 0.6 is 11.8 Å². The smallest absolute Gasteiger partial charge is 0.181 e. The predicted molar refractivity (Wildman–Crippen MR) is 125 cm³/mol. The van der Waals surface area contributed by atoms with Crippen molar-refractivity contribution < 1.29 is 33.7 Å². The average Bonchev–Trinajstić information content (AvgIpc) is 3.08. The summed E-state index contributed by atoms with van der Waals surface area (Å²) in [6, 6.07) is 23.8. The number of aromatic nitrogens is 1. The molecule has 3 nitrogen and oxygen atoms in total. The molecule has 0 radical (unpaired) electrons. The fourth-order valence-corrected chi connectivity index (χ4v) is 5.35. The van der Waals surface area contributed by atoms with Gasteiger partial charge in [-0.15, -0.1) is 0 Å². The number of anilines is 1. The van der Waals surface area contributed by atoms with Crippen molar-refractivity contribution in [3.8, 4) is 0 Å². The zero-order valence-electron chi connectivity index (χ0n) is 18.3. The lowest BCUT2D eigenvalue weighted by Crippen LogP contribution is -3.00. The molecule has 4 rings (SSSR count). The number of aryl methyl sites for hydroxylation is 2. The first kappa shape index (κ1) is 23.8. The van der Waals surface area contributed by atoms with E-state index in [0.717, 1.165) is 13.0 Å². The monoisotopic (exact) mass is 544 g/mol. The van der Waals surface area contributed by atoms with Crippen LogP contribution in [0.15, 0.2) is 76.7 Å². The second-order valence-corrected chi connectivity index (χ2v) is 8.87. The fraction of sp³-hybridized carbons (Fsp3) is 0.269. The quantitative estimate of drug-likeness (QED) is 0.382. The number of hydrogen-bond acceptors (Lipinski definition) is 3. The zero-order valence-corrected chi connectivity index (χ0v) is 21.2. The Morgan fingerprint density at radius 3 is 2.29 bits per heavy atom. The minimum absolute atomic E-state index is 0. The van der Waals surface area contributed by atoms with Gasteiger partial charge in [-0.3, -0.25) is 0 Å². The maximum Gasteiger partial charge on any atom is 0.181 e. The van der Waals surface area contributed by atoms with Crippen molar-refractivity contribution in [3.05, 3.63) is 94.3 Å². The number of para-hydroxylation sites is 1. The summed E-state index contributed by atoms with van der Waals surface area (Å²) >= 11 is 1.83. The molecule has 2 aromatic carbocycles. The van der Waals surface area contributed by atoms with Crippen LogP contribution in [-0.4, -0.2) is 11.7 Å². The molecule has 0 saturated heterocycles. The van der Waals surface area contributed by atoms with Crippen molar-refractivity contribution in [3.63, 3.8) is 0 Å². The molecular weight excluding hydrogens is 515 g/mol. The molecular formula is C26H29IN2OS. The Kier molecular flexibility index (Phi) is 8.19. The summed E-state index contributed by atoms with van der Waals surface area (Å²) in [6.07, 6.45) is 3.21. The Balaban J connectivity index is 0.00000272. The highest BCUT2D eigenvalue weighted by Crippen LogP contribution is 2.47. The summed E-state index contributed by atoms with van der Waals surface area (Å²) in [6.45, 7) is 7.40. The van der Waals surface area contributed by atoms with Gasteiger partial charge >= 0.3 is 0 Å². The van der Waals surface area contributed by atoms with E-state index in [0.29, 0.717) is 0 Å². The Hall–Kier alpha value is -1.83. The van der Waals surface area contributed by atoms with Gasteiger partial charge in [-0.05, 0) is 29.3 Å². The second kappa shape index (κ2) is 10.7. The first-order valence-electron chi connectivity index (χ1n) is 10.5. The standard InChI is InChI=1S/C26H29N2OS.HI/c1-4-23(18-29)28-19(2)14-22(15-20(28)3)16-26-27(17-21-10-6-5-7-11-21)24-12-8-9-13-25(24)30-26;/h5-16,23,29H,4,17-18H2,1-3H3;1H/q+1;/p-1. The molecule has 1 aliphatic rings. The van der Waals surface area contributed by atoms with Crippen LogP contribution in [0.4, 0.5) is 5.69 Å². The van der Waals surface area contributed by atoms with E-state index in [1.807, 2.05) is 11.8 Å². The number of benzene rings is 2. The van der Waals surface area contributed by atoms with Gasteiger partial charge in [0.05, 0.1) is 10.7 Å². The molecule has 162 valence electrons. The van der Waals surface area contributed by atoms with Crippen LogP contribution in [0.25, 0.3) is 6.08 Å². The Morgan fingerprint density at radius 1 is 1.00 bits per heavy atom. The van der Waals surface area contributed by atoms with Gasteiger partial charge in [-0.1, -0.05) is 61.2 Å². The lowest BCUT2D eigenvalue weighted by atomic mass is 10.1. The first-order valence-corrected chi connectivity index (χ1v) is 11.4. The molecule has 0 bridgehead atoms. The summed E-state index contributed by atoms with van der Waals surface area (Å²) in [5.74, 6) is 0. The van der Waals surface area contributed by atoms with Crippen molar-refractivity contribution in [1.82, 2.24) is 0 Å². The van der Waals surface area contributed by atoms with Gasteiger partial charge in [0, 0.05) is 43.8 Å². The first-order chi connectivity index (χ1) is 14.6. The summed E-state index contributed by atoms with van der Waals surface area (Å²) in [7, 11) is 0. The predicted octanol–water partition coefficient (Wildman–Crippen LogP) is 2.65. The third-order valence-corrected chi connectivity index (χ3v) is 6.78. The number of hydrogen-bond donors (Lipinski definition) is 1. The molecule has 31 heavy (non-hydrogen) atoms. The summed E-state index contributed by atoms with van der Waals surface area (Å²) in [5, 5.41) is 11.0. The second-order valence-electron chi connectivity index (χ2n) is 7.81. The molecule has 2 heterocycles. The van der Waals surface area contributed by atoms with Crippen molar-refractivity contribution in [2.75, 3.05) is 11.5 Å². The van der Waals surface area contributed by atoms with Crippen LogP contribution in [0.2, 0.25) is 0 Å². The van der Waals surface area contributed by atoms with Crippen LogP contribution in [-0.2, 0) is 6.54 Å². The van der Waals surface area contributed by atoms with Gasteiger partial charge < -0.3 is 34.0 Å². The van der Waals surface area contributed by atoms with E-state index in [1.165, 1.54) is 38.1 Å². The van der Waals surface area contributed by atoms with Crippen molar-refractivity contribution >= 4 is 23.5 Å². The van der Waals surface area contributed by atoms with Crippen molar-refractivity contribution in [2.45, 2.75) is 44.7 Å². The van der Waals surface area contributed by atoms with E-state index in [-0.39, 0.29) is 36.6 Å². The molecule has 1 aliphatic heterocycles. The molecule has 0 saturated carbocycles. The summed E-state index contributed by atoms with van der Waals surface area (Å²) < 4.78 is 2.25. The van der Waals surface area contributed by atoms with Gasteiger partial charge in [-0.25, -0.2) is 0 Å². The highest BCUT2D eigenvalue weighted by atomic mass is 127. The zero-order chi connectivity index (χ0) is 21.1. The molecule has 1 N–H and O–H groups in total. The summed E-state index contributed by atoms with van der Waals surface area (Å²) in [5.41, 5.74) is 6.12. The van der Waals surface area contributed by atoms with E-state index in [2.05, 4.69) is 103 Å². The van der Waals surface area contributed by atoms with E-state index in [1.54, 1.807) is 0 Å². The number of thioether (sulfide) groups is 1. The van der Waals surface area contributed by atoms with Crippen LogP contribution in [0, 0.1) is 13.8 Å². The number of aliphatic hydroxyl groups is 1. The number of halogens is 1. The van der Waals surface area contributed by atoms with Gasteiger partial charge in [-0.2, -0.15) is 4.57 Å². The molecule has 1 unspecified atom stereocenters. The minimum Gasteiger partial charge on any atom is -1.00 e. The fourth-order valence-electron chi connectivity index (χ4n) is 4.23. The van der Waals surface area contributed by atoms with Crippen LogP contribution < -0.4 is 33.4 Å². The summed E-state index contributed by atoms with van der Waals surface area (Å²) in [4.78, 5) is 3.70. The Labute approximate surface area is 206 Å². The molecule has 1 atom stereocenters. The maximum atomic E-state index is 9.76. The lowest BCUT2D eigenvalue weighted by Gasteiger charge is -2.21. The molecule has 1 aromatic heterocycles. The molecule has 0 aliphatic carbocycles. The van der Waals surface area contributed by atoms with Crippen LogP contribution in [0.3, 0.4) is 0 Å². The lowest BCUT2D eigenvalue weighted by molar-refractivity contribution is -0.735. The minimum atomic E-state index is 0. The molecule has 0 fully saturated rings. The van der Waals surface area contributed by atoms with Gasteiger partial charge in [0.2, 0.25) is 0 Å². The highest BCUT2D eigenvalue weighted by molar-refractivity contribution is 8.03. The number of aliphatic hydroxyl groups excluding tert-OH is 1. The molecule has 5 heteroatoms. The molecule has 0 amide bonds. The van der Waals surface area contributed by atoms with Crippen LogP contribution in [0.5, 0.6) is 0 Å². The van der Waals surface area contributed by atoms with E-state index in [4.69, 9.17) is 0 Å². The largest absolute Gasteiger partial charge is 1.00 e. The van der Waals surface area contributed by atoms with Gasteiger partial charge in [0.25, 0.3) is 0 Å². The van der Waals surface area contributed by atoms with E-state index < -0.39 is 0 Å². The maximum absolute atomic E-state index is 9.76. The van der Waals surface area contributed by atoms with E-state index >= 15 is 0 Å². The van der Waals surface area contributed by atoms with Crippen molar-refractivity contribution in [2.24, 2.45) is 0 Å². The number of fused-ring (bicyclic) bond motifs is 1. The normalized spacial score (nSPS) is 15.0. The topological polar surface area (TPSA) is 27.4 Å². The Bertz CT molecular complexity index is 1040. The van der Waals surface area contributed by atoms with E-state index in [9.17, 15) is 5.11 Å². The third kappa shape index (κ3) is 5.16. The van der Waals surface area contributed by atoms with Crippen molar-refractivity contribution in [1.29, 1.82) is 0 Å². The highest BCUT2D eigenvalue weighted by Gasteiger charge is 2.26. The van der Waals surface area contributed by atoms with Gasteiger partial charge in [0.1, 0.15) is 6.61 Å².